The van der Waals surface area contributed by atoms with Crippen LogP contribution >= 0.6 is 0 Å². The van der Waals surface area contributed by atoms with E-state index in [4.69, 9.17) is 10.5 Å². The van der Waals surface area contributed by atoms with Crippen molar-refractivity contribution in [2.24, 2.45) is 5.73 Å². The highest BCUT2D eigenvalue weighted by atomic mass is 19.2. The topological polar surface area (TPSA) is 115 Å². The van der Waals surface area contributed by atoms with Crippen LogP contribution in [0.1, 0.15) is 34.5 Å². The average Bonchev–Trinajstić information content (AvgIpc) is 3.46. The second-order valence-corrected chi connectivity index (χ2v) is 8.87. The number of ether oxygens (including phenoxy) is 1. The van der Waals surface area contributed by atoms with E-state index in [1.54, 1.807) is 19.2 Å². The molecule has 2 heterocycles. The molecule has 4 N–H and O–H groups in total. The summed E-state index contributed by atoms with van der Waals surface area (Å²) in [7, 11) is 1.60. The number of para-hydroxylation sites is 1. The van der Waals surface area contributed by atoms with Crippen molar-refractivity contribution in [3.05, 3.63) is 77.0 Å². The van der Waals surface area contributed by atoms with E-state index in [0.717, 1.165) is 12.1 Å². The van der Waals surface area contributed by atoms with Gasteiger partial charge >= 0.3 is 6.03 Å². The lowest BCUT2D eigenvalue weighted by Crippen LogP contribution is -2.43. The lowest BCUT2D eigenvalue weighted by molar-refractivity contribution is 0.1000. The van der Waals surface area contributed by atoms with Crippen LogP contribution in [0.3, 0.4) is 0 Å². The summed E-state index contributed by atoms with van der Waals surface area (Å²) in [4.78, 5) is 27.7. The van der Waals surface area contributed by atoms with Crippen molar-refractivity contribution in [3.8, 4) is 5.69 Å². The number of rotatable bonds is 9. The summed E-state index contributed by atoms with van der Waals surface area (Å²) in [5, 5.41) is 10.2. The maximum Gasteiger partial charge on any atom is 0.320 e. The smallest absolute Gasteiger partial charge is 0.320 e. The molecule has 3 aromatic rings. The second kappa shape index (κ2) is 11.5. The Balaban J connectivity index is 1.61. The Bertz CT molecular complexity index is 1270. The summed E-state index contributed by atoms with van der Waals surface area (Å²) in [5.41, 5.74) is 7.47. The number of benzene rings is 2. The molecule has 0 unspecified atom stereocenters. The number of urea groups is 1. The van der Waals surface area contributed by atoms with Crippen LogP contribution in [0.15, 0.2) is 48.5 Å². The number of nitrogens with two attached hydrogens (primary N) is 1. The van der Waals surface area contributed by atoms with E-state index >= 15 is 0 Å². The standard InChI is InChI=1S/C26H30F2N6O3/c1-3-21-23(24(29)35)25(34(32-21)17-7-5-4-6-8-17)31-26(36)30-22-15-33(11-12-37-2)14-18(22)16-9-10-19(27)20(28)13-16/h4-10,13,18,22H,3,11-12,14-15H2,1-2H3,(H2,29,35)(H2,30,31,36)/t18-,22+/m0/s1. The minimum absolute atomic E-state index is 0.131. The van der Waals surface area contributed by atoms with Crippen LogP contribution in [-0.2, 0) is 11.2 Å². The first-order chi connectivity index (χ1) is 17.8. The van der Waals surface area contributed by atoms with Gasteiger partial charge < -0.3 is 15.8 Å². The summed E-state index contributed by atoms with van der Waals surface area (Å²) in [6, 6.07) is 11.8. The first kappa shape index (κ1) is 26.2. The molecule has 4 rings (SSSR count). The van der Waals surface area contributed by atoms with Crippen molar-refractivity contribution in [3.63, 3.8) is 0 Å². The molecule has 0 spiro atoms. The molecule has 3 amide bonds. The number of likely N-dealkylation sites (tertiary alicyclic amines) is 1. The summed E-state index contributed by atoms with van der Waals surface area (Å²) in [6.45, 7) is 3.94. The van der Waals surface area contributed by atoms with E-state index < -0.39 is 29.6 Å². The molecular weight excluding hydrogens is 482 g/mol. The molecule has 1 aliphatic heterocycles. The van der Waals surface area contributed by atoms with Gasteiger partial charge in [-0.25, -0.2) is 18.3 Å². The molecule has 0 aliphatic carbocycles. The van der Waals surface area contributed by atoms with Crippen LogP contribution in [0.25, 0.3) is 5.69 Å². The molecule has 1 saturated heterocycles. The van der Waals surface area contributed by atoms with Crippen molar-refractivity contribution < 1.29 is 23.1 Å². The van der Waals surface area contributed by atoms with Crippen molar-refractivity contribution in [1.29, 1.82) is 0 Å². The Morgan fingerprint density at radius 1 is 1.14 bits per heavy atom. The summed E-state index contributed by atoms with van der Waals surface area (Å²) in [5.74, 6) is -2.72. The van der Waals surface area contributed by atoms with Crippen LogP contribution in [0.2, 0.25) is 0 Å². The van der Waals surface area contributed by atoms with E-state index in [0.29, 0.717) is 49.6 Å². The van der Waals surface area contributed by atoms with Gasteiger partial charge in [0.05, 0.1) is 24.0 Å². The van der Waals surface area contributed by atoms with Gasteiger partial charge in [-0.3, -0.25) is 15.0 Å². The fraction of sp³-hybridized carbons (Fsp3) is 0.346. The number of halogens is 2. The number of carbonyl (C=O) groups excluding carboxylic acids is 2. The number of nitrogens with zero attached hydrogens (tertiary/aromatic N) is 3. The molecule has 37 heavy (non-hydrogen) atoms. The number of aryl methyl sites for hydroxylation is 1. The summed E-state index contributed by atoms with van der Waals surface area (Å²) < 4.78 is 34.2. The Morgan fingerprint density at radius 2 is 1.89 bits per heavy atom. The zero-order valence-electron chi connectivity index (χ0n) is 20.7. The predicted molar refractivity (Wildman–Crippen MR) is 135 cm³/mol. The van der Waals surface area contributed by atoms with Crippen LogP contribution in [0, 0.1) is 11.6 Å². The van der Waals surface area contributed by atoms with Gasteiger partial charge in [-0.1, -0.05) is 31.2 Å². The van der Waals surface area contributed by atoms with Crippen molar-refractivity contribution >= 4 is 17.8 Å². The third-order valence-corrected chi connectivity index (χ3v) is 6.47. The number of hydrogen-bond acceptors (Lipinski definition) is 5. The van der Waals surface area contributed by atoms with Gasteiger partial charge in [0, 0.05) is 32.7 Å². The van der Waals surface area contributed by atoms with Crippen LogP contribution in [-0.4, -0.2) is 66.0 Å². The van der Waals surface area contributed by atoms with E-state index in [2.05, 4.69) is 20.6 Å². The molecule has 2 aromatic carbocycles. The average molecular weight is 513 g/mol. The van der Waals surface area contributed by atoms with Gasteiger partial charge in [0.1, 0.15) is 5.56 Å². The molecule has 11 heteroatoms. The maximum atomic E-state index is 14.0. The van der Waals surface area contributed by atoms with Gasteiger partial charge in [0.2, 0.25) is 0 Å². The molecule has 9 nitrogen and oxygen atoms in total. The zero-order valence-corrected chi connectivity index (χ0v) is 20.7. The van der Waals surface area contributed by atoms with Crippen LogP contribution in [0.5, 0.6) is 0 Å². The molecule has 1 fully saturated rings. The fourth-order valence-corrected chi connectivity index (χ4v) is 4.67. The molecule has 0 radical (unpaired) electrons. The summed E-state index contributed by atoms with van der Waals surface area (Å²) >= 11 is 0. The lowest BCUT2D eigenvalue weighted by atomic mass is 9.94. The quantitative estimate of drug-likeness (QED) is 0.408. The van der Waals surface area contributed by atoms with E-state index in [1.165, 1.54) is 10.7 Å². The van der Waals surface area contributed by atoms with Crippen LogP contribution in [0.4, 0.5) is 19.4 Å². The van der Waals surface area contributed by atoms with E-state index in [-0.39, 0.29) is 17.3 Å². The number of primary amides is 1. The highest BCUT2D eigenvalue weighted by Crippen LogP contribution is 2.29. The number of methoxy groups -OCH3 is 1. The zero-order chi connectivity index (χ0) is 26.5. The van der Waals surface area contributed by atoms with Gasteiger partial charge in [0.15, 0.2) is 17.5 Å². The Kier molecular flexibility index (Phi) is 8.14. The molecule has 2 atom stereocenters. The maximum absolute atomic E-state index is 14.0. The largest absolute Gasteiger partial charge is 0.383 e. The third-order valence-electron chi connectivity index (χ3n) is 6.47. The molecule has 196 valence electrons. The molecule has 1 aliphatic rings. The Labute approximate surface area is 213 Å². The Hall–Kier alpha value is -3.83. The highest BCUT2D eigenvalue weighted by molar-refractivity contribution is 6.03. The molecule has 0 saturated carbocycles. The molecule has 0 bridgehead atoms. The monoisotopic (exact) mass is 512 g/mol. The number of carbonyl (C=O) groups is 2. The van der Waals surface area contributed by atoms with Crippen molar-refractivity contribution in [2.75, 3.05) is 38.7 Å². The van der Waals surface area contributed by atoms with Crippen molar-refractivity contribution in [2.45, 2.75) is 25.3 Å². The second-order valence-electron chi connectivity index (χ2n) is 8.87. The highest BCUT2D eigenvalue weighted by Gasteiger charge is 2.35. The van der Waals surface area contributed by atoms with Gasteiger partial charge in [-0.15, -0.1) is 0 Å². The lowest BCUT2D eigenvalue weighted by Gasteiger charge is -2.21. The number of nitrogens with one attached hydrogen (secondary N) is 2. The first-order valence-corrected chi connectivity index (χ1v) is 12.0. The molecular formula is C26H30F2N6O3. The number of hydrogen-bond donors (Lipinski definition) is 3. The minimum Gasteiger partial charge on any atom is -0.383 e. The SMILES string of the molecule is CCc1nn(-c2ccccc2)c(NC(=O)N[C@@H]2CN(CCOC)C[C@H]2c2ccc(F)c(F)c2)c1C(N)=O. The van der Waals surface area contributed by atoms with Crippen LogP contribution < -0.4 is 16.4 Å². The predicted octanol–water partition coefficient (Wildman–Crippen LogP) is 3.05. The number of anilines is 1. The normalized spacial score (nSPS) is 17.6. The van der Waals surface area contributed by atoms with E-state index in [1.807, 2.05) is 25.1 Å². The molecule has 1 aromatic heterocycles. The number of amides is 3. The van der Waals surface area contributed by atoms with Crippen molar-refractivity contribution in [1.82, 2.24) is 20.0 Å². The van der Waals surface area contributed by atoms with E-state index in [9.17, 15) is 18.4 Å². The summed E-state index contributed by atoms with van der Waals surface area (Å²) in [6.07, 6.45) is 0.434. The third kappa shape index (κ3) is 5.78. The van der Waals surface area contributed by atoms with Gasteiger partial charge in [-0.05, 0) is 36.2 Å². The number of aromatic nitrogens is 2. The Morgan fingerprint density at radius 3 is 2.54 bits per heavy atom. The van der Waals surface area contributed by atoms with Gasteiger partial charge in [0.25, 0.3) is 5.91 Å². The minimum atomic E-state index is -0.944. The first-order valence-electron chi connectivity index (χ1n) is 12.0. The van der Waals surface area contributed by atoms with Gasteiger partial charge in [-0.2, -0.15) is 5.10 Å². The fourth-order valence-electron chi connectivity index (χ4n) is 4.67.